The van der Waals surface area contributed by atoms with Crippen LogP contribution in [-0.4, -0.2) is 44.6 Å². The van der Waals surface area contributed by atoms with E-state index >= 15 is 0 Å². The number of aromatic nitrogens is 3. The number of hydrogen-bond acceptors (Lipinski definition) is 4. The van der Waals surface area contributed by atoms with Crippen molar-refractivity contribution in [2.75, 3.05) is 18.8 Å². The molecule has 0 unspecified atom stereocenters. The fraction of sp³-hybridized carbons (Fsp3) is 0.643. The van der Waals surface area contributed by atoms with Crippen LogP contribution in [0.3, 0.4) is 0 Å². The van der Waals surface area contributed by atoms with Gasteiger partial charge in [0.1, 0.15) is 5.69 Å². The first-order valence-corrected chi connectivity index (χ1v) is 7.75. The minimum atomic E-state index is 0.195. The summed E-state index contributed by atoms with van der Waals surface area (Å²) in [6.07, 6.45) is 6.41. The first-order chi connectivity index (χ1) is 9.61. The largest absolute Gasteiger partial charge is 0.342 e. The molecule has 2 rings (SSSR count). The summed E-state index contributed by atoms with van der Waals surface area (Å²) in [5.74, 6) is 0.804. The second-order valence-electron chi connectivity index (χ2n) is 5.30. The van der Waals surface area contributed by atoms with Crippen molar-refractivity contribution >= 4 is 24.1 Å². The Labute approximate surface area is 125 Å². The van der Waals surface area contributed by atoms with Crippen LogP contribution in [0.2, 0.25) is 0 Å². The molecule has 1 aromatic heterocycles. The van der Waals surface area contributed by atoms with Gasteiger partial charge in [-0.1, -0.05) is 11.3 Å². The minimum absolute atomic E-state index is 0.195. The molecule has 0 saturated heterocycles. The third-order valence-electron chi connectivity index (χ3n) is 3.49. The maximum absolute atomic E-state index is 11.9. The lowest BCUT2D eigenvalue weighted by Gasteiger charge is -2.20. The monoisotopic (exact) mass is 294 g/mol. The average molecular weight is 294 g/mol. The summed E-state index contributed by atoms with van der Waals surface area (Å²) in [6, 6.07) is 0.316. The van der Waals surface area contributed by atoms with Crippen molar-refractivity contribution in [1.82, 2.24) is 19.9 Å². The quantitative estimate of drug-likeness (QED) is 0.866. The highest BCUT2D eigenvalue weighted by Crippen LogP contribution is 2.21. The van der Waals surface area contributed by atoms with Crippen LogP contribution in [0.1, 0.15) is 44.8 Å². The molecule has 0 radical (unpaired) electrons. The van der Waals surface area contributed by atoms with Crippen LogP contribution in [0.25, 0.3) is 5.57 Å². The first-order valence-electron chi connectivity index (χ1n) is 7.11. The fourth-order valence-corrected chi connectivity index (χ4v) is 2.47. The predicted octanol–water partition coefficient (Wildman–Crippen LogP) is 2.18. The van der Waals surface area contributed by atoms with Crippen LogP contribution in [0.15, 0.2) is 12.3 Å². The number of carbonyl (C=O) groups excluding carboxylic acids is 1. The van der Waals surface area contributed by atoms with E-state index in [0.717, 1.165) is 31.6 Å². The number of carbonyl (C=O) groups is 1. The minimum Gasteiger partial charge on any atom is -0.342 e. The molecule has 6 heteroatoms. The van der Waals surface area contributed by atoms with Crippen LogP contribution < -0.4 is 0 Å². The van der Waals surface area contributed by atoms with Gasteiger partial charge < -0.3 is 4.90 Å². The number of thiol groups is 1. The molecule has 0 bridgehead atoms. The maximum atomic E-state index is 11.9. The standard InChI is InChI=1S/C14H22N4OS/c1-11(2)18-10-13(15-16-18)12-4-3-7-17(8-5-12)14(19)6-9-20/h4,10-11,20H,3,5-9H2,1-2H3. The summed E-state index contributed by atoms with van der Waals surface area (Å²) in [4.78, 5) is 13.8. The van der Waals surface area contributed by atoms with E-state index in [0.29, 0.717) is 18.2 Å². The van der Waals surface area contributed by atoms with Crippen molar-refractivity contribution in [2.45, 2.75) is 39.2 Å². The Hall–Kier alpha value is -1.30. The van der Waals surface area contributed by atoms with Gasteiger partial charge in [-0.2, -0.15) is 12.6 Å². The summed E-state index contributed by atoms with van der Waals surface area (Å²) in [6.45, 7) is 5.71. The van der Waals surface area contributed by atoms with E-state index in [-0.39, 0.29) is 5.91 Å². The molecule has 0 aliphatic carbocycles. The highest BCUT2D eigenvalue weighted by atomic mass is 32.1. The van der Waals surface area contributed by atoms with Crippen molar-refractivity contribution in [1.29, 1.82) is 0 Å². The van der Waals surface area contributed by atoms with E-state index in [1.54, 1.807) is 0 Å². The maximum Gasteiger partial charge on any atom is 0.223 e. The highest BCUT2D eigenvalue weighted by Gasteiger charge is 2.17. The molecule has 0 atom stereocenters. The Bertz CT molecular complexity index is 495. The van der Waals surface area contributed by atoms with Crippen molar-refractivity contribution in [2.24, 2.45) is 0 Å². The van der Waals surface area contributed by atoms with Gasteiger partial charge in [-0.05, 0) is 38.0 Å². The molecule has 1 aromatic rings. The van der Waals surface area contributed by atoms with Crippen molar-refractivity contribution < 1.29 is 4.79 Å². The topological polar surface area (TPSA) is 51.0 Å². The van der Waals surface area contributed by atoms with Gasteiger partial charge in [0.05, 0.1) is 6.20 Å². The van der Waals surface area contributed by atoms with E-state index < -0.39 is 0 Å². The molecule has 0 N–H and O–H groups in total. The molecule has 0 spiro atoms. The predicted molar refractivity (Wildman–Crippen MR) is 82.7 cm³/mol. The normalized spacial score (nSPS) is 16.2. The first kappa shape index (κ1) is 15.1. The average Bonchev–Trinajstić information content (AvgIpc) is 2.78. The van der Waals surface area contributed by atoms with Crippen molar-refractivity contribution in [3.8, 4) is 0 Å². The molecule has 2 heterocycles. The number of rotatable bonds is 4. The lowest BCUT2D eigenvalue weighted by Crippen LogP contribution is -2.32. The van der Waals surface area contributed by atoms with Crippen molar-refractivity contribution in [3.05, 3.63) is 18.0 Å². The molecule has 1 amide bonds. The van der Waals surface area contributed by atoms with Crippen LogP contribution >= 0.6 is 12.6 Å². The number of amides is 1. The van der Waals surface area contributed by atoms with Gasteiger partial charge in [-0.15, -0.1) is 5.10 Å². The third kappa shape index (κ3) is 3.62. The Morgan fingerprint density at radius 1 is 1.45 bits per heavy atom. The zero-order valence-corrected chi connectivity index (χ0v) is 13.0. The lowest BCUT2D eigenvalue weighted by molar-refractivity contribution is -0.130. The van der Waals surface area contributed by atoms with E-state index in [4.69, 9.17) is 0 Å². The SMILES string of the molecule is CC(C)n1cc(C2=CCCN(C(=O)CCS)CC2)nn1. The van der Waals surface area contributed by atoms with Gasteiger partial charge >= 0.3 is 0 Å². The van der Waals surface area contributed by atoms with Gasteiger partial charge in [0.15, 0.2) is 0 Å². The molecule has 20 heavy (non-hydrogen) atoms. The molecule has 110 valence electrons. The van der Waals surface area contributed by atoms with Gasteiger partial charge in [0.2, 0.25) is 5.91 Å². The third-order valence-corrected chi connectivity index (χ3v) is 3.71. The Kier molecular flexibility index (Phi) is 5.23. The summed E-state index contributed by atoms with van der Waals surface area (Å²) < 4.78 is 1.87. The van der Waals surface area contributed by atoms with E-state index in [1.165, 1.54) is 5.57 Å². The lowest BCUT2D eigenvalue weighted by atomic mass is 10.1. The summed E-state index contributed by atoms with van der Waals surface area (Å²) >= 11 is 4.12. The second-order valence-corrected chi connectivity index (χ2v) is 5.75. The molecule has 5 nitrogen and oxygen atoms in total. The van der Waals surface area contributed by atoms with Gasteiger partial charge in [0, 0.05) is 25.6 Å². The molecular weight excluding hydrogens is 272 g/mol. The van der Waals surface area contributed by atoms with Gasteiger partial charge in [-0.25, -0.2) is 4.68 Å². The van der Waals surface area contributed by atoms with Crippen LogP contribution in [0.5, 0.6) is 0 Å². The number of nitrogens with zero attached hydrogens (tertiary/aromatic N) is 4. The fourth-order valence-electron chi connectivity index (χ4n) is 2.28. The zero-order valence-electron chi connectivity index (χ0n) is 12.1. The number of hydrogen-bond donors (Lipinski definition) is 1. The van der Waals surface area contributed by atoms with Crippen molar-refractivity contribution in [3.63, 3.8) is 0 Å². The van der Waals surface area contributed by atoms with Gasteiger partial charge in [-0.3, -0.25) is 4.79 Å². The summed E-state index contributed by atoms with van der Waals surface area (Å²) in [5, 5.41) is 8.38. The molecule has 0 aromatic carbocycles. The summed E-state index contributed by atoms with van der Waals surface area (Å²) in [5.41, 5.74) is 2.13. The summed E-state index contributed by atoms with van der Waals surface area (Å²) in [7, 11) is 0. The van der Waals surface area contributed by atoms with E-state index in [9.17, 15) is 4.79 Å². The molecule has 1 aliphatic rings. The molecule has 1 aliphatic heterocycles. The molecule has 0 saturated carbocycles. The zero-order chi connectivity index (χ0) is 14.5. The van der Waals surface area contributed by atoms with E-state index in [1.807, 2.05) is 15.8 Å². The van der Waals surface area contributed by atoms with Crippen LogP contribution in [-0.2, 0) is 4.79 Å². The Morgan fingerprint density at radius 2 is 2.25 bits per heavy atom. The Balaban J connectivity index is 2.01. The van der Waals surface area contributed by atoms with Crippen LogP contribution in [0.4, 0.5) is 0 Å². The van der Waals surface area contributed by atoms with Gasteiger partial charge in [0.25, 0.3) is 0 Å². The van der Waals surface area contributed by atoms with Crippen LogP contribution in [0, 0.1) is 0 Å². The second kappa shape index (κ2) is 6.92. The van der Waals surface area contributed by atoms with E-state index in [2.05, 4.69) is 42.9 Å². The molecular formula is C14H22N4OS. The molecule has 0 fully saturated rings. The Morgan fingerprint density at radius 3 is 2.90 bits per heavy atom. The smallest absolute Gasteiger partial charge is 0.223 e. The highest BCUT2D eigenvalue weighted by molar-refractivity contribution is 7.80.